The summed E-state index contributed by atoms with van der Waals surface area (Å²) in [5.74, 6) is 0.601. The third-order valence-electron chi connectivity index (χ3n) is 2.04. The van der Waals surface area contributed by atoms with Crippen molar-refractivity contribution in [2.75, 3.05) is 12.3 Å². The van der Waals surface area contributed by atoms with Crippen LogP contribution < -0.4 is 10.5 Å². The fourth-order valence-corrected chi connectivity index (χ4v) is 1.31. The molecule has 2 rings (SSSR count). The average Bonchev–Trinajstić information content (AvgIpc) is 2.27. The highest BCUT2D eigenvalue weighted by molar-refractivity contribution is 5.86. The fourth-order valence-electron chi connectivity index (χ4n) is 1.31. The summed E-state index contributed by atoms with van der Waals surface area (Å²) in [5.41, 5.74) is 7.91. The van der Waals surface area contributed by atoms with E-state index in [2.05, 4.69) is 16.9 Å². The molecule has 0 aliphatic heterocycles. The van der Waals surface area contributed by atoms with E-state index in [-0.39, 0.29) is 0 Å². The quantitative estimate of drug-likeness (QED) is 0.828. The first kappa shape index (κ1) is 9.71. The second-order valence-corrected chi connectivity index (χ2v) is 3.27. The van der Waals surface area contributed by atoms with Gasteiger partial charge in [0.05, 0.1) is 17.8 Å². The van der Waals surface area contributed by atoms with E-state index in [0.29, 0.717) is 23.7 Å². The zero-order valence-corrected chi connectivity index (χ0v) is 8.60. The van der Waals surface area contributed by atoms with Gasteiger partial charge in [0, 0.05) is 12.3 Å². The molecule has 2 heterocycles. The van der Waals surface area contributed by atoms with Crippen molar-refractivity contribution in [1.29, 1.82) is 0 Å². The molecule has 0 fully saturated rings. The van der Waals surface area contributed by atoms with Crippen molar-refractivity contribution in [2.45, 2.75) is 13.3 Å². The number of ether oxygens (including phenoxy) is 1. The van der Waals surface area contributed by atoms with E-state index in [1.165, 1.54) is 0 Å². The molecule has 0 radical (unpaired) electrons. The van der Waals surface area contributed by atoms with Crippen LogP contribution >= 0.6 is 0 Å². The van der Waals surface area contributed by atoms with Gasteiger partial charge in [0.2, 0.25) is 5.88 Å². The molecule has 2 N–H and O–H groups in total. The smallest absolute Gasteiger partial charge is 0.213 e. The van der Waals surface area contributed by atoms with Crippen molar-refractivity contribution in [3.8, 4) is 5.88 Å². The van der Waals surface area contributed by atoms with Crippen LogP contribution in [0, 0.1) is 0 Å². The molecule has 2 aromatic rings. The van der Waals surface area contributed by atoms with Crippen molar-refractivity contribution < 1.29 is 4.74 Å². The number of hydrogen-bond donors (Lipinski definition) is 1. The number of pyridine rings is 2. The van der Waals surface area contributed by atoms with E-state index in [0.717, 1.165) is 11.9 Å². The van der Waals surface area contributed by atoms with Gasteiger partial charge in [-0.25, -0.2) is 4.98 Å². The van der Waals surface area contributed by atoms with Gasteiger partial charge in [0.15, 0.2) is 0 Å². The van der Waals surface area contributed by atoms with Crippen molar-refractivity contribution in [3.05, 3.63) is 24.4 Å². The van der Waals surface area contributed by atoms with Crippen LogP contribution in [0.2, 0.25) is 0 Å². The Labute approximate surface area is 88.1 Å². The minimum Gasteiger partial charge on any atom is -0.478 e. The topological polar surface area (TPSA) is 61.0 Å². The predicted molar refractivity (Wildman–Crippen MR) is 59.7 cm³/mol. The maximum Gasteiger partial charge on any atom is 0.213 e. The van der Waals surface area contributed by atoms with Gasteiger partial charge in [-0.3, -0.25) is 4.98 Å². The van der Waals surface area contributed by atoms with Crippen molar-refractivity contribution in [3.63, 3.8) is 0 Å². The Bertz CT molecular complexity index is 470. The Hall–Kier alpha value is -1.84. The van der Waals surface area contributed by atoms with Gasteiger partial charge in [0.1, 0.15) is 5.52 Å². The maximum absolute atomic E-state index is 5.80. The van der Waals surface area contributed by atoms with Gasteiger partial charge in [-0.1, -0.05) is 6.92 Å². The van der Waals surface area contributed by atoms with E-state index in [1.54, 1.807) is 12.3 Å². The van der Waals surface area contributed by atoms with E-state index in [9.17, 15) is 0 Å². The molecule has 0 aliphatic carbocycles. The lowest BCUT2D eigenvalue weighted by atomic mass is 10.3. The minimum absolute atomic E-state index is 0.601. The number of aromatic nitrogens is 2. The Morgan fingerprint density at radius 1 is 1.33 bits per heavy atom. The molecule has 0 amide bonds. The normalized spacial score (nSPS) is 10.5. The summed E-state index contributed by atoms with van der Waals surface area (Å²) in [6, 6.07) is 5.41. The summed E-state index contributed by atoms with van der Waals surface area (Å²) in [4.78, 5) is 8.47. The molecule has 0 unspecified atom stereocenters. The monoisotopic (exact) mass is 203 g/mol. The molecule has 0 saturated carbocycles. The van der Waals surface area contributed by atoms with Crippen molar-refractivity contribution in [1.82, 2.24) is 9.97 Å². The maximum atomic E-state index is 5.80. The molecular formula is C11H13N3O. The third-order valence-corrected chi connectivity index (χ3v) is 2.04. The van der Waals surface area contributed by atoms with E-state index in [1.807, 2.05) is 12.1 Å². The lowest BCUT2D eigenvalue weighted by Crippen LogP contribution is -1.98. The summed E-state index contributed by atoms with van der Waals surface area (Å²) >= 11 is 0. The van der Waals surface area contributed by atoms with Crippen LogP contribution in [0.4, 0.5) is 5.69 Å². The van der Waals surface area contributed by atoms with Gasteiger partial charge in [0.25, 0.3) is 0 Å². The molecule has 4 nitrogen and oxygen atoms in total. The summed E-state index contributed by atoms with van der Waals surface area (Å²) < 4.78 is 5.42. The first-order valence-electron chi connectivity index (χ1n) is 4.95. The second kappa shape index (κ2) is 4.13. The van der Waals surface area contributed by atoms with Crippen LogP contribution in [0.25, 0.3) is 11.0 Å². The third kappa shape index (κ3) is 1.98. The lowest BCUT2D eigenvalue weighted by Gasteiger charge is -2.05. The number of fused-ring (bicyclic) bond motifs is 1. The highest BCUT2D eigenvalue weighted by Crippen LogP contribution is 2.19. The van der Waals surface area contributed by atoms with Crippen LogP contribution in [0.1, 0.15) is 13.3 Å². The zero-order valence-electron chi connectivity index (χ0n) is 8.60. The molecule has 0 saturated heterocycles. The minimum atomic E-state index is 0.601. The molecule has 0 aromatic carbocycles. The molecule has 0 aliphatic rings. The number of hydrogen-bond acceptors (Lipinski definition) is 4. The fraction of sp³-hybridized carbons (Fsp3) is 0.273. The average molecular weight is 203 g/mol. The molecule has 0 spiro atoms. The Morgan fingerprint density at radius 3 is 3.00 bits per heavy atom. The summed E-state index contributed by atoms with van der Waals surface area (Å²) in [7, 11) is 0. The molecule has 15 heavy (non-hydrogen) atoms. The molecule has 0 bridgehead atoms. The lowest BCUT2D eigenvalue weighted by molar-refractivity contribution is 0.306. The van der Waals surface area contributed by atoms with E-state index >= 15 is 0 Å². The van der Waals surface area contributed by atoms with Crippen LogP contribution in [0.15, 0.2) is 24.4 Å². The van der Waals surface area contributed by atoms with Crippen LogP contribution in [0.3, 0.4) is 0 Å². The summed E-state index contributed by atoms with van der Waals surface area (Å²) in [5, 5.41) is 0. The standard InChI is InChI=1S/C11H13N3O/c1-2-7-15-10-4-3-9-11(14-10)8(12)5-6-13-9/h3-6H,2,7H2,1H3,(H2,12,13). The number of rotatable bonds is 3. The number of nitrogens with two attached hydrogens (primary N) is 1. The Balaban J connectivity index is 2.41. The zero-order chi connectivity index (χ0) is 10.7. The highest BCUT2D eigenvalue weighted by Gasteiger charge is 2.02. The molecule has 78 valence electrons. The summed E-state index contributed by atoms with van der Waals surface area (Å²) in [6.07, 6.45) is 2.63. The molecule has 2 aromatic heterocycles. The largest absolute Gasteiger partial charge is 0.478 e. The first-order valence-corrected chi connectivity index (χ1v) is 4.95. The van der Waals surface area contributed by atoms with E-state index < -0.39 is 0 Å². The van der Waals surface area contributed by atoms with Gasteiger partial charge in [-0.2, -0.15) is 0 Å². The van der Waals surface area contributed by atoms with E-state index in [4.69, 9.17) is 10.5 Å². The Kier molecular flexibility index (Phi) is 2.67. The van der Waals surface area contributed by atoms with Crippen molar-refractivity contribution >= 4 is 16.7 Å². The second-order valence-electron chi connectivity index (χ2n) is 3.27. The highest BCUT2D eigenvalue weighted by atomic mass is 16.5. The van der Waals surface area contributed by atoms with Crippen LogP contribution in [0.5, 0.6) is 5.88 Å². The van der Waals surface area contributed by atoms with Crippen LogP contribution in [-0.4, -0.2) is 16.6 Å². The molecule has 4 heteroatoms. The Morgan fingerprint density at radius 2 is 2.20 bits per heavy atom. The summed E-state index contributed by atoms with van der Waals surface area (Å²) in [6.45, 7) is 2.72. The predicted octanol–water partition coefficient (Wildman–Crippen LogP) is 2.00. The SMILES string of the molecule is CCCOc1ccc2nccc(N)c2n1. The number of nitrogen functional groups attached to an aromatic ring is 1. The number of anilines is 1. The van der Waals surface area contributed by atoms with Gasteiger partial charge in [-0.05, 0) is 18.6 Å². The van der Waals surface area contributed by atoms with Gasteiger partial charge < -0.3 is 10.5 Å². The number of nitrogens with zero attached hydrogens (tertiary/aromatic N) is 2. The first-order chi connectivity index (χ1) is 7.31. The van der Waals surface area contributed by atoms with Gasteiger partial charge in [-0.15, -0.1) is 0 Å². The molecular weight excluding hydrogens is 190 g/mol. The van der Waals surface area contributed by atoms with Crippen molar-refractivity contribution in [2.24, 2.45) is 0 Å². The molecule has 0 atom stereocenters. The van der Waals surface area contributed by atoms with Gasteiger partial charge >= 0.3 is 0 Å². The van der Waals surface area contributed by atoms with Crippen LogP contribution in [-0.2, 0) is 0 Å².